The normalized spacial score (nSPS) is 20.5. The third kappa shape index (κ3) is 3.43. The third-order valence-electron chi connectivity index (χ3n) is 2.79. The minimum absolute atomic E-state index is 0.113. The zero-order valence-electron chi connectivity index (χ0n) is 10.3. The predicted octanol–water partition coefficient (Wildman–Crippen LogP) is 0.0355. The summed E-state index contributed by atoms with van der Waals surface area (Å²) in [6.07, 6.45) is 1.14. The molecule has 5 nitrogen and oxygen atoms in total. The quantitative estimate of drug-likeness (QED) is 0.715. The molecule has 1 saturated heterocycles. The van der Waals surface area contributed by atoms with E-state index in [4.69, 9.17) is 15.2 Å². The van der Waals surface area contributed by atoms with Crippen molar-refractivity contribution in [1.29, 1.82) is 0 Å². The van der Waals surface area contributed by atoms with E-state index in [0.717, 1.165) is 0 Å². The smallest absolute Gasteiger partial charge is 0.240 e. The number of carbonyl (C=O) groups excluding carboxylic acids is 1. The standard InChI is InChI=1S/C11H22N2O3/c1-10(2,8-15-3)13-9(14)11(12)4-6-16-7-5-11/h4-8,12H2,1-3H3,(H,13,14). The summed E-state index contributed by atoms with van der Waals surface area (Å²) in [4.78, 5) is 12.1. The Bertz CT molecular complexity index is 248. The molecule has 0 aliphatic carbocycles. The van der Waals surface area contributed by atoms with Crippen molar-refractivity contribution in [1.82, 2.24) is 5.32 Å². The van der Waals surface area contributed by atoms with Crippen molar-refractivity contribution in [3.63, 3.8) is 0 Å². The van der Waals surface area contributed by atoms with Gasteiger partial charge in [0.2, 0.25) is 5.91 Å². The molecule has 1 heterocycles. The molecule has 1 aliphatic rings. The molecule has 1 amide bonds. The first kappa shape index (κ1) is 13.4. The fourth-order valence-electron chi connectivity index (χ4n) is 1.79. The largest absolute Gasteiger partial charge is 0.382 e. The number of amides is 1. The summed E-state index contributed by atoms with van der Waals surface area (Å²) in [6, 6.07) is 0. The molecule has 1 fully saturated rings. The van der Waals surface area contributed by atoms with Crippen LogP contribution < -0.4 is 11.1 Å². The fraction of sp³-hybridized carbons (Fsp3) is 0.909. The maximum absolute atomic E-state index is 12.1. The van der Waals surface area contributed by atoms with Crippen molar-refractivity contribution >= 4 is 5.91 Å². The minimum atomic E-state index is -0.788. The molecule has 1 rings (SSSR count). The Balaban J connectivity index is 2.56. The van der Waals surface area contributed by atoms with Crippen molar-refractivity contribution in [2.24, 2.45) is 5.73 Å². The summed E-state index contributed by atoms with van der Waals surface area (Å²) in [5.41, 5.74) is 4.89. The minimum Gasteiger partial charge on any atom is -0.382 e. The van der Waals surface area contributed by atoms with Gasteiger partial charge in [0.1, 0.15) is 0 Å². The van der Waals surface area contributed by atoms with E-state index < -0.39 is 11.1 Å². The van der Waals surface area contributed by atoms with E-state index in [1.807, 2.05) is 13.8 Å². The molecule has 1 aliphatic heterocycles. The van der Waals surface area contributed by atoms with Gasteiger partial charge in [-0.3, -0.25) is 4.79 Å². The van der Waals surface area contributed by atoms with E-state index in [0.29, 0.717) is 32.7 Å². The monoisotopic (exact) mass is 230 g/mol. The molecule has 0 saturated carbocycles. The van der Waals surface area contributed by atoms with Crippen molar-refractivity contribution in [2.45, 2.75) is 37.8 Å². The van der Waals surface area contributed by atoms with Crippen molar-refractivity contribution < 1.29 is 14.3 Å². The summed E-state index contributed by atoms with van der Waals surface area (Å²) >= 11 is 0. The predicted molar refractivity (Wildman–Crippen MR) is 61.1 cm³/mol. The van der Waals surface area contributed by atoms with Crippen LogP contribution in [0.5, 0.6) is 0 Å². The first-order valence-electron chi connectivity index (χ1n) is 5.58. The first-order chi connectivity index (χ1) is 7.40. The van der Waals surface area contributed by atoms with Crippen LogP contribution in [0.2, 0.25) is 0 Å². The molecular formula is C11H22N2O3. The summed E-state index contributed by atoms with van der Waals surface area (Å²) in [5.74, 6) is -0.113. The van der Waals surface area contributed by atoms with E-state index in [-0.39, 0.29) is 5.91 Å². The highest BCUT2D eigenvalue weighted by Gasteiger charge is 2.38. The Hall–Kier alpha value is -0.650. The van der Waals surface area contributed by atoms with Crippen molar-refractivity contribution in [3.8, 4) is 0 Å². The topological polar surface area (TPSA) is 73.6 Å². The van der Waals surface area contributed by atoms with Gasteiger partial charge >= 0.3 is 0 Å². The molecule has 94 valence electrons. The SMILES string of the molecule is COCC(C)(C)NC(=O)C1(N)CCOCC1. The second kappa shape index (κ2) is 5.12. The van der Waals surface area contributed by atoms with Gasteiger partial charge in [0, 0.05) is 20.3 Å². The lowest BCUT2D eigenvalue weighted by molar-refractivity contribution is -0.132. The van der Waals surface area contributed by atoms with Crippen LogP contribution in [0.4, 0.5) is 0 Å². The number of ether oxygens (including phenoxy) is 2. The molecule has 5 heteroatoms. The van der Waals surface area contributed by atoms with Crippen LogP contribution in [0.25, 0.3) is 0 Å². The van der Waals surface area contributed by atoms with E-state index in [1.165, 1.54) is 0 Å². The Morgan fingerprint density at radius 3 is 2.56 bits per heavy atom. The lowest BCUT2D eigenvalue weighted by atomic mass is 9.89. The fourth-order valence-corrected chi connectivity index (χ4v) is 1.79. The van der Waals surface area contributed by atoms with Gasteiger partial charge in [-0.25, -0.2) is 0 Å². The van der Waals surface area contributed by atoms with Crippen LogP contribution in [0.3, 0.4) is 0 Å². The van der Waals surface area contributed by atoms with E-state index in [9.17, 15) is 4.79 Å². The second-order valence-corrected chi connectivity index (χ2v) is 5.04. The van der Waals surface area contributed by atoms with Crippen LogP contribution in [0.1, 0.15) is 26.7 Å². The van der Waals surface area contributed by atoms with Gasteiger partial charge in [-0.1, -0.05) is 0 Å². The number of rotatable bonds is 4. The lowest BCUT2D eigenvalue weighted by Crippen LogP contribution is -2.61. The molecule has 0 aromatic rings. The van der Waals surface area contributed by atoms with Gasteiger partial charge in [0.05, 0.1) is 17.7 Å². The number of carbonyl (C=O) groups is 1. The molecule has 0 radical (unpaired) electrons. The number of hydrogen-bond acceptors (Lipinski definition) is 4. The summed E-state index contributed by atoms with van der Waals surface area (Å²) in [6.45, 7) is 5.39. The second-order valence-electron chi connectivity index (χ2n) is 5.04. The molecule has 0 aromatic carbocycles. The number of nitrogens with one attached hydrogen (secondary N) is 1. The van der Waals surface area contributed by atoms with E-state index in [1.54, 1.807) is 7.11 Å². The first-order valence-corrected chi connectivity index (χ1v) is 5.58. The van der Waals surface area contributed by atoms with Crippen LogP contribution in [0.15, 0.2) is 0 Å². The van der Waals surface area contributed by atoms with Gasteiger partial charge in [-0.2, -0.15) is 0 Å². The van der Waals surface area contributed by atoms with Gasteiger partial charge in [0.15, 0.2) is 0 Å². The summed E-state index contributed by atoms with van der Waals surface area (Å²) in [5, 5.41) is 2.92. The Morgan fingerprint density at radius 2 is 2.06 bits per heavy atom. The number of hydrogen-bond donors (Lipinski definition) is 2. The van der Waals surface area contributed by atoms with Crippen LogP contribution in [-0.2, 0) is 14.3 Å². The van der Waals surface area contributed by atoms with E-state index in [2.05, 4.69) is 5.32 Å². The Morgan fingerprint density at radius 1 is 1.50 bits per heavy atom. The number of nitrogens with two attached hydrogens (primary N) is 1. The van der Waals surface area contributed by atoms with Gasteiger partial charge < -0.3 is 20.5 Å². The van der Waals surface area contributed by atoms with E-state index >= 15 is 0 Å². The molecule has 0 unspecified atom stereocenters. The highest BCUT2D eigenvalue weighted by atomic mass is 16.5. The zero-order chi connectivity index (χ0) is 12.2. The lowest BCUT2D eigenvalue weighted by Gasteiger charge is -2.35. The molecule has 0 bridgehead atoms. The highest BCUT2D eigenvalue weighted by Crippen LogP contribution is 2.19. The third-order valence-corrected chi connectivity index (χ3v) is 2.79. The van der Waals surface area contributed by atoms with Crippen molar-refractivity contribution in [3.05, 3.63) is 0 Å². The van der Waals surface area contributed by atoms with Gasteiger partial charge in [0.25, 0.3) is 0 Å². The summed E-state index contributed by atoms with van der Waals surface area (Å²) < 4.78 is 10.3. The molecule has 16 heavy (non-hydrogen) atoms. The molecule has 0 atom stereocenters. The number of methoxy groups -OCH3 is 1. The zero-order valence-corrected chi connectivity index (χ0v) is 10.3. The maximum atomic E-state index is 12.1. The molecule has 3 N–H and O–H groups in total. The average molecular weight is 230 g/mol. The highest BCUT2D eigenvalue weighted by molar-refractivity contribution is 5.86. The molecular weight excluding hydrogens is 208 g/mol. The molecule has 0 aromatic heterocycles. The Labute approximate surface area is 96.7 Å². The molecule has 0 spiro atoms. The Kier molecular flexibility index (Phi) is 4.29. The maximum Gasteiger partial charge on any atom is 0.240 e. The summed E-state index contributed by atoms with van der Waals surface area (Å²) in [7, 11) is 1.61. The van der Waals surface area contributed by atoms with Crippen LogP contribution >= 0.6 is 0 Å². The van der Waals surface area contributed by atoms with Crippen molar-refractivity contribution in [2.75, 3.05) is 26.9 Å². The average Bonchev–Trinajstić information content (AvgIpc) is 2.17. The van der Waals surface area contributed by atoms with Crippen LogP contribution in [0, 0.1) is 0 Å². The van der Waals surface area contributed by atoms with Crippen LogP contribution in [-0.4, -0.2) is 43.9 Å². The van der Waals surface area contributed by atoms with Gasteiger partial charge in [-0.05, 0) is 26.7 Å². The van der Waals surface area contributed by atoms with Gasteiger partial charge in [-0.15, -0.1) is 0 Å².